The molecule has 2 heterocycles. The van der Waals surface area contributed by atoms with Crippen LogP contribution in [0.2, 0.25) is 0 Å². The molecule has 1 fully saturated rings. The number of pyridine rings is 1. The summed E-state index contributed by atoms with van der Waals surface area (Å²) in [6.07, 6.45) is 8.35. The van der Waals surface area contributed by atoms with Gasteiger partial charge in [0.2, 0.25) is 0 Å². The Morgan fingerprint density at radius 3 is 3.17 bits per heavy atom. The molecule has 1 aliphatic heterocycles. The smallest absolute Gasteiger partial charge is 0.144 e. The highest BCUT2D eigenvalue weighted by molar-refractivity contribution is 5.42. The molecule has 0 radical (unpaired) electrons. The molecule has 4 heteroatoms. The summed E-state index contributed by atoms with van der Waals surface area (Å²) < 4.78 is 0. The third-order valence-corrected chi connectivity index (χ3v) is 3.77. The lowest BCUT2D eigenvalue weighted by molar-refractivity contribution is 0.131. The van der Waals surface area contributed by atoms with E-state index in [1.54, 1.807) is 6.20 Å². The zero-order valence-corrected chi connectivity index (χ0v) is 11.2. The molecule has 1 atom stereocenters. The van der Waals surface area contributed by atoms with E-state index in [4.69, 9.17) is 5.84 Å². The predicted octanol–water partition coefficient (Wildman–Crippen LogP) is 2.52. The number of aromatic nitrogens is 1. The first-order chi connectivity index (χ1) is 8.85. The fourth-order valence-electron chi connectivity index (χ4n) is 2.84. The van der Waals surface area contributed by atoms with Crippen molar-refractivity contribution in [3.8, 4) is 0 Å². The molecule has 4 nitrogen and oxygen atoms in total. The Morgan fingerprint density at radius 1 is 1.50 bits per heavy atom. The Hall–Kier alpha value is -1.13. The summed E-state index contributed by atoms with van der Waals surface area (Å²) in [5, 5.41) is 0. The molecule has 1 unspecified atom stereocenters. The largest absolute Gasteiger partial charge is 0.308 e. The van der Waals surface area contributed by atoms with Gasteiger partial charge in [0.25, 0.3) is 0 Å². The first kappa shape index (κ1) is 13.3. The van der Waals surface area contributed by atoms with E-state index in [9.17, 15) is 0 Å². The van der Waals surface area contributed by atoms with Gasteiger partial charge in [-0.15, -0.1) is 0 Å². The summed E-state index contributed by atoms with van der Waals surface area (Å²) in [6, 6.07) is 4.82. The molecule has 3 N–H and O–H groups in total. The van der Waals surface area contributed by atoms with Crippen LogP contribution in [-0.4, -0.2) is 22.5 Å². The maximum atomic E-state index is 5.52. The van der Waals surface area contributed by atoms with Gasteiger partial charge in [0.15, 0.2) is 0 Å². The second-order valence-electron chi connectivity index (χ2n) is 5.06. The third kappa shape index (κ3) is 3.21. The third-order valence-electron chi connectivity index (χ3n) is 3.77. The minimum absolute atomic E-state index is 0.731. The average Bonchev–Trinajstić information content (AvgIpc) is 2.42. The SMILES string of the molecule is CCCC1CCCCN1Cc1cccnc1NN. The molecule has 1 saturated heterocycles. The molecule has 1 aromatic heterocycles. The number of likely N-dealkylation sites (tertiary alicyclic amines) is 1. The number of nitrogens with two attached hydrogens (primary N) is 1. The second-order valence-corrected chi connectivity index (χ2v) is 5.06. The van der Waals surface area contributed by atoms with E-state index >= 15 is 0 Å². The highest BCUT2D eigenvalue weighted by Crippen LogP contribution is 2.24. The lowest BCUT2D eigenvalue weighted by Crippen LogP contribution is -2.39. The van der Waals surface area contributed by atoms with Crippen LogP contribution in [0.3, 0.4) is 0 Å². The van der Waals surface area contributed by atoms with Crippen LogP contribution >= 0.6 is 0 Å². The van der Waals surface area contributed by atoms with Gasteiger partial charge in [-0.1, -0.05) is 25.8 Å². The van der Waals surface area contributed by atoms with Crippen LogP contribution in [-0.2, 0) is 6.54 Å². The average molecular weight is 248 g/mol. The molecule has 1 aromatic rings. The molecule has 18 heavy (non-hydrogen) atoms. The molecule has 0 saturated carbocycles. The Labute approximate surface area is 110 Å². The molecule has 1 aliphatic rings. The van der Waals surface area contributed by atoms with Gasteiger partial charge in [0, 0.05) is 24.3 Å². The molecule has 0 aliphatic carbocycles. The van der Waals surface area contributed by atoms with Gasteiger partial charge in [0.05, 0.1) is 0 Å². The summed E-state index contributed by atoms with van der Waals surface area (Å²) in [5.41, 5.74) is 3.89. The van der Waals surface area contributed by atoms with Gasteiger partial charge in [-0.05, 0) is 31.9 Å². The second kappa shape index (κ2) is 6.71. The topological polar surface area (TPSA) is 54.2 Å². The quantitative estimate of drug-likeness (QED) is 0.621. The van der Waals surface area contributed by atoms with Gasteiger partial charge in [-0.25, -0.2) is 10.8 Å². The maximum absolute atomic E-state index is 5.52. The first-order valence-electron chi connectivity index (χ1n) is 6.99. The summed E-state index contributed by atoms with van der Waals surface area (Å²) in [6.45, 7) is 4.42. The van der Waals surface area contributed by atoms with E-state index in [0.29, 0.717) is 0 Å². The standard InChI is InChI=1S/C14H24N4/c1-2-6-13-8-3-4-10-18(13)11-12-7-5-9-16-14(12)17-15/h5,7,9,13H,2-4,6,8,10-11,15H2,1H3,(H,16,17). The van der Waals surface area contributed by atoms with E-state index in [0.717, 1.165) is 18.4 Å². The molecule has 0 spiro atoms. The Kier molecular flexibility index (Phi) is 4.96. The summed E-state index contributed by atoms with van der Waals surface area (Å²) in [4.78, 5) is 6.86. The number of nitrogen functional groups attached to an aromatic ring is 1. The van der Waals surface area contributed by atoms with E-state index in [-0.39, 0.29) is 0 Å². The Balaban J connectivity index is 2.05. The minimum atomic E-state index is 0.731. The van der Waals surface area contributed by atoms with E-state index in [1.165, 1.54) is 44.2 Å². The maximum Gasteiger partial charge on any atom is 0.144 e. The number of hydrogen-bond donors (Lipinski definition) is 2. The molecular formula is C14H24N4. The van der Waals surface area contributed by atoms with Crippen LogP contribution in [0.5, 0.6) is 0 Å². The number of rotatable bonds is 5. The Morgan fingerprint density at radius 2 is 2.39 bits per heavy atom. The van der Waals surface area contributed by atoms with E-state index < -0.39 is 0 Å². The van der Waals surface area contributed by atoms with Crippen LogP contribution in [0.15, 0.2) is 18.3 Å². The zero-order valence-electron chi connectivity index (χ0n) is 11.2. The number of hydrazine groups is 1. The molecule has 100 valence electrons. The van der Waals surface area contributed by atoms with Crippen molar-refractivity contribution in [2.45, 2.75) is 51.6 Å². The fraction of sp³-hybridized carbons (Fsp3) is 0.643. The van der Waals surface area contributed by atoms with Gasteiger partial charge in [0.1, 0.15) is 5.82 Å². The van der Waals surface area contributed by atoms with Crippen molar-refractivity contribution >= 4 is 5.82 Å². The van der Waals surface area contributed by atoms with Crippen LogP contribution in [0, 0.1) is 0 Å². The van der Waals surface area contributed by atoms with E-state index in [1.807, 2.05) is 6.07 Å². The highest BCUT2D eigenvalue weighted by Gasteiger charge is 2.22. The lowest BCUT2D eigenvalue weighted by atomic mass is 9.97. The van der Waals surface area contributed by atoms with Crippen molar-refractivity contribution in [2.24, 2.45) is 5.84 Å². The first-order valence-corrected chi connectivity index (χ1v) is 6.99. The van der Waals surface area contributed by atoms with E-state index in [2.05, 4.69) is 28.3 Å². The molecule has 0 bridgehead atoms. The number of piperidine rings is 1. The van der Waals surface area contributed by atoms with Crippen LogP contribution in [0.1, 0.15) is 44.6 Å². The van der Waals surface area contributed by atoms with Crippen molar-refractivity contribution in [2.75, 3.05) is 12.0 Å². The number of anilines is 1. The number of nitrogens with zero attached hydrogens (tertiary/aromatic N) is 2. The normalized spacial score (nSPS) is 20.9. The van der Waals surface area contributed by atoms with Crippen molar-refractivity contribution in [3.05, 3.63) is 23.9 Å². The molecular weight excluding hydrogens is 224 g/mol. The molecule has 2 rings (SSSR count). The van der Waals surface area contributed by atoms with Crippen molar-refractivity contribution in [1.29, 1.82) is 0 Å². The van der Waals surface area contributed by atoms with Crippen LogP contribution in [0.4, 0.5) is 5.82 Å². The Bertz CT molecular complexity index is 365. The summed E-state index contributed by atoms with van der Waals surface area (Å²) in [7, 11) is 0. The monoisotopic (exact) mass is 248 g/mol. The number of nitrogens with one attached hydrogen (secondary N) is 1. The van der Waals surface area contributed by atoms with Crippen molar-refractivity contribution < 1.29 is 0 Å². The fourth-order valence-corrected chi connectivity index (χ4v) is 2.84. The lowest BCUT2D eigenvalue weighted by Gasteiger charge is -2.36. The highest BCUT2D eigenvalue weighted by atomic mass is 15.3. The number of hydrogen-bond acceptors (Lipinski definition) is 4. The minimum Gasteiger partial charge on any atom is -0.308 e. The summed E-state index contributed by atoms with van der Waals surface area (Å²) in [5.74, 6) is 6.32. The van der Waals surface area contributed by atoms with Crippen LogP contribution in [0.25, 0.3) is 0 Å². The van der Waals surface area contributed by atoms with Gasteiger partial charge < -0.3 is 5.43 Å². The van der Waals surface area contributed by atoms with Crippen molar-refractivity contribution in [1.82, 2.24) is 9.88 Å². The predicted molar refractivity (Wildman–Crippen MR) is 75.0 cm³/mol. The van der Waals surface area contributed by atoms with Crippen molar-refractivity contribution in [3.63, 3.8) is 0 Å². The van der Waals surface area contributed by atoms with Crippen LogP contribution < -0.4 is 11.3 Å². The molecule has 0 aromatic carbocycles. The van der Waals surface area contributed by atoms with Gasteiger partial charge in [-0.3, -0.25) is 4.90 Å². The van der Waals surface area contributed by atoms with Gasteiger partial charge in [-0.2, -0.15) is 0 Å². The molecule has 0 amide bonds. The zero-order chi connectivity index (χ0) is 12.8. The van der Waals surface area contributed by atoms with Gasteiger partial charge >= 0.3 is 0 Å². The summed E-state index contributed by atoms with van der Waals surface area (Å²) >= 11 is 0.